The Morgan fingerprint density at radius 3 is 2.44 bits per heavy atom. The molecule has 0 bridgehead atoms. The third-order valence-corrected chi connectivity index (χ3v) is 2.30. The van der Waals surface area contributed by atoms with E-state index in [4.69, 9.17) is 0 Å². The van der Waals surface area contributed by atoms with E-state index in [9.17, 15) is 18.8 Å². The van der Waals surface area contributed by atoms with Crippen molar-refractivity contribution in [2.75, 3.05) is 18.0 Å². The maximum atomic E-state index is 13.5. The Balaban J connectivity index is 2.44. The van der Waals surface area contributed by atoms with Gasteiger partial charge in [-0.15, -0.1) is 0 Å². The SMILES string of the molecule is O=C1NCCN1c1c(F)cc([NH2+][O-])cc1F. The second kappa shape index (κ2) is 4.03. The summed E-state index contributed by atoms with van der Waals surface area (Å²) in [6, 6.07) is 1.25. The van der Waals surface area contributed by atoms with Crippen LogP contribution < -0.4 is 15.7 Å². The molecule has 86 valence electrons. The van der Waals surface area contributed by atoms with E-state index in [-0.39, 0.29) is 12.2 Å². The minimum absolute atomic E-state index is 0.0987. The number of amides is 2. The molecule has 1 aromatic carbocycles. The van der Waals surface area contributed by atoms with E-state index >= 15 is 0 Å². The number of carbonyl (C=O) groups excluding carboxylic acids is 1. The molecule has 1 aromatic rings. The number of carbonyl (C=O) groups is 1. The molecule has 0 spiro atoms. The standard InChI is InChI=1S/C9H9F2N3O2/c10-6-3-5(13-16)4-7(11)8(6)14-2-1-12-9(14)15/h3-4H,1-2,13H2,(H,12,15). The van der Waals surface area contributed by atoms with Crippen molar-refractivity contribution in [1.82, 2.24) is 5.32 Å². The van der Waals surface area contributed by atoms with Crippen molar-refractivity contribution >= 4 is 17.4 Å². The lowest BCUT2D eigenvalue weighted by atomic mass is 10.2. The monoisotopic (exact) mass is 229 g/mol. The van der Waals surface area contributed by atoms with Gasteiger partial charge in [0.25, 0.3) is 0 Å². The third kappa shape index (κ3) is 1.70. The number of halogens is 2. The molecule has 1 aliphatic heterocycles. The quantitative estimate of drug-likeness (QED) is 0.561. The van der Waals surface area contributed by atoms with E-state index in [1.165, 1.54) is 0 Å². The van der Waals surface area contributed by atoms with Gasteiger partial charge in [0.1, 0.15) is 11.4 Å². The summed E-state index contributed by atoms with van der Waals surface area (Å²) in [6.07, 6.45) is 0. The zero-order valence-corrected chi connectivity index (χ0v) is 8.17. The van der Waals surface area contributed by atoms with E-state index in [0.29, 0.717) is 12.0 Å². The first-order valence-electron chi connectivity index (χ1n) is 4.63. The smallest absolute Gasteiger partial charge is 0.322 e. The van der Waals surface area contributed by atoms with Crippen LogP contribution in [-0.4, -0.2) is 19.1 Å². The summed E-state index contributed by atoms with van der Waals surface area (Å²) < 4.78 is 27.0. The summed E-state index contributed by atoms with van der Waals surface area (Å²) in [7, 11) is 0. The Kier molecular flexibility index (Phi) is 2.71. The van der Waals surface area contributed by atoms with E-state index in [2.05, 4.69) is 5.32 Å². The van der Waals surface area contributed by atoms with E-state index in [1.54, 1.807) is 0 Å². The normalized spacial score (nSPS) is 15.4. The van der Waals surface area contributed by atoms with Crippen molar-refractivity contribution in [3.63, 3.8) is 0 Å². The predicted molar refractivity (Wildman–Crippen MR) is 52.1 cm³/mol. The molecule has 0 saturated carbocycles. The van der Waals surface area contributed by atoms with Gasteiger partial charge in [0.2, 0.25) is 0 Å². The topological polar surface area (TPSA) is 72.0 Å². The number of nitrogens with zero attached hydrogens (tertiary/aromatic N) is 1. The second-order valence-corrected chi connectivity index (χ2v) is 3.33. The van der Waals surface area contributed by atoms with Gasteiger partial charge in [-0.05, 0) is 0 Å². The number of rotatable bonds is 2. The summed E-state index contributed by atoms with van der Waals surface area (Å²) in [4.78, 5) is 12.2. The number of nitrogens with two attached hydrogens (primary N) is 1. The van der Waals surface area contributed by atoms with Gasteiger partial charge < -0.3 is 16.0 Å². The number of hydrogen-bond donors (Lipinski definition) is 2. The molecule has 0 aromatic heterocycles. The first-order valence-corrected chi connectivity index (χ1v) is 4.63. The Labute approximate surface area is 89.6 Å². The molecule has 1 aliphatic rings. The average Bonchev–Trinajstić information content (AvgIpc) is 2.64. The molecule has 0 aliphatic carbocycles. The molecule has 0 atom stereocenters. The number of nitrogens with one attached hydrogen (secondary N) is 1. The van der Waals surface area contributed by atoms with E-state index < -0.39 is 23.4 Å². The van der Waals surface area contributed by atoms with Gasteiger partial charge in [-0.1, -0.05) is 0 Å². The van der Waals surface area contributed by atoms with Crippen LogP contribution in [0.1, 0.15) is 0 Å². The first kappa shape index (κ1) is 10.8. The van der Waals surface area contributed by atoms with Crippen LogP contribution in [0.2, 0.25) is 0 Å². The zero-order chi connectivity index (χ0) is 11.7. The van der Waals surface area contributed by atoms with Crippen LogP contribution >= 0.6 is 0 Å². The molecular formula is C9H9F2N3O2. The van der Waals surface area contributed by atoms with Crippen molar-refractivity contribution in [1.29, 1.82) is 0 Å². The van der Waals surface area contributed by atoms with Crippen LogP contribution in [0.4, 0.5) is 25.0 Å². The third-order valence-electron chi connectivity index (χ3n) is 2.30. The van der Waals surface area contributed by atoms with Crippen LogP contribution in [0.25, 0.3) is 0 Å². The van der Waals surface area contributed by atoms with Gasteiger partial charge in [-0.25, -0.2) is 13.6 Å². The van der Waals surface area contributed by atoms with Gasteiger partial charge in [-0.2, -0.15) is 0 Å². The first-order chi connectivity index (χ1) is 7.63. The van der Waals surface area contributed by atoms with Crippen LogP contribution in [0.3, 0.4) is 0 Å². The van der Waals surface area contributed by atoms with E-state index in [1.807, 2.05) is 0 Å². The second-order valence-electron chi connectivity index (χ2n) is 3.33. The summed E-state index contributed by atoms with van der Waals surface area (Å²) >= 11 is 0. The summed E-state index contributed by atoms with van der Waals surface area (Å²) in [5.74, 6) is -1.83. The Morgan fingerprint density at radius 1 is 1.38 bits per heavy atom. The maximum absolute atomic E-state index is 13.5. The molecule has 3 N–H and O–H groups in total. The van der Waals surface area contributed by atoms with Crippen LogP contribution in [-0.2, 0) is 0 Å². The molecule has 1 heterocycles. The Morgan fingerprint density at radius 2 is 2.00 bits per heavy atom. The van der Waals surface area contributed by atoms with Gasteiger partial charge in [0.15, 0.2) is 11.6 Å². The largest absolute Gasteiger partial charge is 0.630 e. The van der Waals surface area contributed by atoms with Gasteiger partial charge in [0, 0.05) is 25.2 Å². The fourth-order valence-electron chi connectivity index (χ4n) is 1.60. The summed E-state index contributed by atoms with van der Waals surface area (Å²) in [6.45, 7) is 0.542. The fraction of sp³-hybridized carbons (Fsp3) is 0.222. The minimum atomic E-state index is -0.917. The van der Waals surface area contributed by atoms with Crippen molar-refractivity contribution in [2.45, 2.75) is 0 Å². The highest BCUT2D eigenvalue weighted by Crippen LogP contribution is 2.26. The lowest BCUT2D eigenvalue weighted by Crippen LogP contribution is -2.70. The molecule has 1 fully saturated rings. The molecule has 1 saturated heterocycles. The highest BCUT2D eigenvalue weighted by Gasteiger charge is 2.27. The minimum Gasteiger partial charge on any atom is -0.630 e. The number of benzene rings is 1. The molecule has 2 rings (SSSR count). The lowest BCUT2D eigenvalue weighted by molar-refractivity contribution is -0.497. The number of quaternary nitrogens is 1. The number of urea groups is 1. The molecule has 16 heavy (non-hydrogen) atoms. The average molecular weight is 229 g/mol. The van der Waals surface area contributed by atoms with Gasteiger partial charge in [-0.3, -0.25) is 4.90 Å². The van der Waals surface area contributed by atoms with Crippen LogP contribution in [0.15, 0.2) is 12.1 Å². The summed E-state index contributed by atoms with van der Waals surface area (Å²) in [5, 5.41) is 12.8. The molecule has 5 nitrogen and oxygen atoms in total. The van der Waals surface area contributed by atoms with Crippen molar-refractivity contribution in [3.05, 3.63) is 29.0 Å². The Bertz CT molecular complexity index is 416. The van der Waals surface area contributed by atoms with Crippen LogP contribution in [0.5, 0.6) is 0 Å². The number of hydrogen-bond acceptors (Lipinski definition) is 2. The van der Waals surface area contributed by atoms with E-state index in [0.717, 1.165) is 17.0 Å². The molecular weight excluding hydrogens is 220 g/mol. The molecule has 7 heteroatoms. The summed E-state index contributed by atoms with van der Waals surface area (Å²) in [5.41, 5.74) is -0.168. The molecule has 0 unspecified atom stereocenters. The highest BCUT2D eigenvalue weighted by atomic mass is 19.1. The maximum Gasteiger partial charge on any atom is 0.322 e. The van der Waals surface area contributed by atoms with Crippen molar-refractivity contribution in [3.8, 4) is 0 Å². The van der Waals surface area contributed by atoms with Gasteiger partial charge >= 0.3 is 6.03 Å². The number of anilines is 1. The fourth-order valence-corrected chi connectivity index (χ4v) is 1.60. The molecule has 0 radical (unpaired) electrons. The predicted octanol–water partition coefficient (Wildman–Crippen LogP) is 0.187. The lowest BCUT2D eigenvalue weighted by Gasteiger charge is -2.16. The van der Waals surface area contributed by atoms with Crippen molar-refractivity contribution < 1.29 is 19.1 Å². The Hall–Kier alpha value is -1.73. The molecule has 2 amide bonds. The zero-order valence-electron chi connectivity index (χ0n) is 8.17. The van der Waals surface area contributed by atoms with Crippen LogP contribution in [0, 0.1) is 16.8 Å². The van der Waals surface area contributed by atoms with Gasteiger partial charge in [0.05, 0.1) is 0 Å². The van der Waals surface area contributed by atoms with Crippen molar-refractivity contribution in [2.24, 2.45) is 0 Å². The highest BCUT2D eigenvalue weighted by molar-refractivity contribution is 5.94.